The van der Waals surface area contributed by atoms with Gasteiger partial charge in [0.05, 0.1) is 6.20 Å². The Balaban J connectivity index is 1.89. The Morgan fingerprint density at radius 1 is 1.05 bits per heavy atom. The maximum Gasteiger partial charge on any atom is 0.261 e. The molecule has 3 aromatic rings. The number of hydrogen-bond acceptors (Lipinski definition) is 3. The van der Waals surface area contributed by atoms with Crippen molar-refractivity contribution in [1.29, 1.82) is 0 Å². The minimum absolute atomic E-state index is 0.231. The monoisotopic (exact) mass is 292 g/mol. The number of nitrogens with one attached hydrogen (secondary N) is 1. The molecule has 2 aromatic carbocycles. The summed E-state index contributed by atoms with van der Waals surface area (Å²) in [7, 11) is 0. The smallest absolute Gasteiger partial charge is 0.261 e. The molecule has 3 rings (SSSR count). The van der Waals surface area contributed by atoms with Gasteiger partial charge in [-0.25, -0.2) is 0 Å². The molecule has 0 saturated heterocycles. The molecule has 0 spiro atoms. The van der Waals surface area contributed by atoms with Crippen molar-refractivity contribution in [2.75, 3.05) is 5.32 Å². The number of aryl methyl sites for hydroxylation is 2. The maximum atomic E-state index is 12.5. The Hall–Kier alpha value is -2.88. The SMILES string of the molecule is Cc1cc(C)cc(NC(=O)c2cnoc2-c2ccccc2)c1. The van der Waals surface area contributed by atoms with Crippen molar-refractivity contribution in [3.63, 3.8) is 0 Å². The molecule has 22 heavy (non-hydrogen) atoms. The molecule has 1 N–H and O–H groups in total. The van der Waals surface area contributed by atoms with Crippen LogP contribution in [0.2, 0.25) is 0 Å². The first-order valence-electron chi connectivity index (χ1n) is 7.03. The zero-order valence-corrected chi connectivity index (χ0v) is 12.5. The van der Waals surface area contributed by atoms with Gasteiger partial charge in [0.1, 0.15) is 5.56 Å². The van der Waals surface area contributed by atoms with Crippen LogP contribution in [0.5, 0.6) is 0 Å². The van der Waals surface area contributed by atoms with Gasteiger partial charge in [-0.2, -0.15) is 0 Å². The number of rotatable bonds is 3. The molecule has 0 fully saturated rings. The highest BCUT2D eigenvalue weighted by Crippen LogP contribution is 2.24. The van der Waals surface area contributed by atoms with Gasteiger partial charge in [-0.1, -0.05) is 41.6 Å². The van der Waals surface area contributed by atoms with Gasteiger partial charge in [0, 0.05) is 11.3 Å². The van der Waals surface area contributed by atoms with Gasteiger partial charge in [0.2, 0.25) is 0 Å². The van der Waals surface area contributed by atoms with E-state index in [2.05, 4.69) is 16.5 Å². The number of benzene rings is 2. The summed E-state index contributed by atoms with van der Waals surface area (Å²) in [5, 5.41) is 6.66. The molecule has 0 saturated carbocycles. The molecular weight excluding hydrogens is 276 g/mol. The van der Waals surface area contributed by atoms with E-state index in [1.54, 1.807) is 0 Å². The van der Waals surface area contributed by atoms with E-state index < -0.39 is 0 Å². The molecule has 0 aliphatic heterocycles. The molecule has 0 radical (unpaired) electrons. The Kier molecular flexibility index (Phi) is 3.74. The van der Waals surface area contributed by atoms with Crippen molar-refractivity contribution in [2.24, 2.45) is 0 Å². The second-order valence-electron chi connectivity index (χ2n) is 5.27. The number of hydrogen-bond donors (Lipinski definition) is 1. The highest BCUT2D eigenvalue weighted by molar-refractivity contribution is 6.07. The number of amides is 1. The van der Waals surface area contributed by atoms with Gasteiger partial charge in [0.25, 0.3) is 5.91 Å². The van der Waals surface area contributed by atoms with Crippen LogP contribution in [0.3, 0.4) is 0 Å². The Morgan fingerprint density at radius 3 is 2.41 bits per heavy atom. The molecule has 1 heterocycles. The normalized spacial score (nSPS) is 10.5. The van der Waals surface area contributed by atoms with Crippen molar-refractivity contribution in [1.82, 2.24) is 5.16 Å². The van der Waals surface area contributed by atoms with Crippen LogP contribution in [0.1, 0.15) is 21.5 Å². The molecule has 0 unspecified atom stereocenters. The van der Waals surface area contributed by atoms with Crippen LogP contribution in [0.4, 0.5) is 5.69 Å². The molecule has 110 valence electrons. The first kappa shape index (κ1) is 14.1. The van der Waals surface area contributed by atoms with Crippen LogP contribution in [-0.2, 0) is 0 Å². The summed E-state index contributed by atoms with van der Waals surface area (Å²) in [6.45, 7) is 3.99. The minimum Gasteiger partial charge on any atom is -0.355 e. The third-order valence-corrected chi connectivity index (χ3v) is 3.33. The van der Waals surface area contributed by atoms with Gasteiger partial charge in [-0.05, 0) is 37.1 Å². The van der Waals surface area contributed by atoms with Crippen LogP contribution >= 0.6 is 0 Å². The van der Waals surface area contributed by atoms with Crippen molar-refractivity contribution in [2.45, 2.75) is 13.8 Å². The second kappa shape index (κ2) is 5.85. The molecule has 4 nitrogen and oxygen atoms in total. The lowest BCUT2D eigenvalue weighted by atomic mass is 10.1. The number of carbonyl (C=O) groups is 1. The number of nitrogens with zero attached hydrogens (tertiary/aromatic N) is 1. The van der Waals surface area contributed by atoms with Crippen LogP contribution < -0.4 is 5.32 Å². The average Bonchev–Trinajstić information content (AvgIpc) is 2.96. The van der Waals surface area contributed by atoms with Crippen molar-refractivity contribution < 1.29 is 9.32 Å². The van der Waals surface area contributed by atoms with Crippen LogP contribution in [0, 0.1) is 13.8 Å². The molecule has 1 amide bonds. The van der Waals surface area contributed by atoms with E-state index in [1.807, 2.05) is 56.3 Å². The maximum absolute atomic E-state index is 12.5. The Labute approximate surface area is 128 Å². The zero-order chi connectivity index (χ0) is 15.5. The first-order chi connectivity index (χ1) is 10.6. The Bertz CT molecular complexity index is 787. The van der Waals surface area contributed by atoms with Gasteiger partial charge in [-0.3, -0.25) is 4.79 Å². The fourth-order valence-electron chi connectivity index (χ4n) is 2.44. The first-order valence-corrected chi connectivity index (χ1v) is 7.03. The van der Waals surface area contributed by atoms with Crippen LogP contribution in [-0.4, -0.2) is 11.1 Å². The number of aromatic nitrogens is 1. The van der Waals surface area contributed by atoms with E-state index >= 15 is 0 Å². The highest BCUT2D eigenvalue weighted by Gasteiger charge is 2.17. The third kappa shape index (κ3) is 2.91. The molecule has 0 bridgehead atoms. The van der Waals surface area contributed by atoms with E-state index in [1.165, 1.54) is 6.20 Å². The van der Waals surface area contributed by atoms with Gasteiger partial charge >= 0.3 is 0 Å². The molecule has 0 atom stereocenters. The average molecular weight is 292 g/mol. The summed E-state index contributed by atoms with van der Waals surface area (Å²) in [5.74, 6) is 0.243. The standard InChI is InChI=1S/C18H16N2O2/c1-12-8-13(2)10-15(9-12)20-18(21)16-11-19-22-17(16)14-6-4-3-5-7-14/h3-11H,1-2H3,(H,20,21). The van der Waals surface area contributed by atoms with Gasteiger partial charge in [0.15, 0.2) is 5.76 Å². The predicted octanol–water partition coefficient (Wildman–Crippen LogP) is 4.21. The van der Waals surface area contributed by atoms with Gasteiger partial charge in [-0.15, -0.1) is 0 Å². The lowest BCUT2D eigenvalue weighted by Crippen LogP contribution is -2.12. The molecule has 4 heteroatoms. The van der Waals surface area contributed by atoms with Gasteiger partial charge < -0.3 is 9.84 Å². The summed E-state index contributed by atoms with van der Waals surface area (Å²) in [4.78, 5) is 12.5. The van der Waals surface area contributed by atoms with E-state index in [-0.39, 0.29) is 5.91 Å². The summed E-state index contributed by atoms with van der Waals surface area (Å²) in [5.41, 5.74) is 4.21. The highest BCUT2D eigenvalue weighted by atomic mass is 16.5. The second-order valence-corrected chi connectivity index (χ2v) is 5.27. The van der Waals surface area contributed by atoms with Crippen molar-refractivity contribution >= 4 is 11.6 Å². The van der Waals surface area contributed by atoms with Crippen molar-refractivity contribution in [3.05, 3.63) is 71.4 Å². The number of anilines is 1. The lowest BCUT2D eigenvalue weighted by Gasteiger charge is -2.07. The zero-order valence-electron chi connectivity index (χ0n) is 12.5. The largest absolute Gasteiger partial charge is 0.355 e. The quantitative estimate of drug-likeness (QED) is 0.786. The summed E-state index contributed by atoms with van der Waals surface area (Å²) in [6.07, 6.45) is 1.44. The fourth-order valence-corrected chi connectivity index (χ4v) is 2.44. The van der Waals surface area contributed by atoms with Crippen molar-refractivity contribution in [3.8, 4) is 11.3 Å². The minimum atomic E-state index is -0.231. The summed E-state index contributed by atoms with van der Waals surface area (Å²) >= 11 is 0. The fraction of sp³-hybridized carbons (Fsp3) is 0.111. The Morgan fingerprint density at radius 2 is 1.73 bits per heavy atom. The third-order valence-electron chi connectivity index (χ3n) is 3.33. The summed E-state index contributed by atoms with van der Waals surface area (Å²) in [6, 6.07) is 15.4. The topological polar surface area (TPSA) is 55.1 Å². The molecule has 1 aromatic heterocycles. The van der Waals surface area contributed by atoms with E-state index in [0.29, 0.717) is 11.3 Å². The lowest BCUT2D eigenvalue weighted by molar-refractivity contribution is 0.102. The molecule has 0 aliphatic rings. The van der Waals surface area contributed by atoms with E-state index in [4.69, 9.17) is 4.52 Å². The van der Waals surface area contributed by atoms with E-state index in [0.717, 1.165) is 22.4 Å². The van der Waals surface area contributed by atoms with Crippen LogP contribution in [0.25, 0.3) is 11.3 Å². The summed E-state index contributed by atoms with van der Waals surface area (Å²) < 4.78 is 5.25. The predicted molar refractivity (Wildman–Crippen MR) is 85.8 cm³/mol. The van der Waals surface area contributed by atoms with E-state index in [9.17, 15) is 4.79 Å². The van der Waals surface area contributed by atoms with Crippen LogP contribution in [0.15, 0.2) is 59.3 Å². The molecular formula is C18H16N2O2. The number of carbonyl (C=O) groups excluding carboxylic acids is 1. The molecule has 0 aliphatic carbocycles.